The molecule has 0 saturated carbocycles. The van der Waals surface area contributed by atoms with Crippen molar-refractivity contribution in [3.05, 3.63) is 113 Å². The molecule has 33 heavy (non-hydrogen) atoms. The number of aromatic nitrogens is 2. The molecule has 168 valence electrons. The number of aryl methyl sites for hydroxylation is 1. The number of piperazine rings is 1. The van der Waals surface area contributed by atoms with E-state index in [0.29, 0.717) is 24.3 Å². The highest BCUT2D eigenvalue weighted by atomic mass is 16.5. The Kier molecular flexibility index (Phi) is 6.22. The summed E-state index contributed by atoms with van der Waals surface area (Å²) in [5, 5.41) is 4.41. The molecule has 1 fully saturated rings. The topological polar surface area (TPSA) is 45.4 Å². The molecule has 1 atom stereocenters. The fraction of sp³-hybridized carbons (Fsp3) is 0.286. The molecule has 0 aliphatic carbocycles. The van der Waals surface area contributed by atoms with Crippen LogP contribution in [0.1, 0.15) is 41.2 Å². The number of nitrogens with zero attached hydrogens (tertiary/aromatic N) is 4. The minimum Gasteiger partial charge on any atom is -0.369 e. The summed E-state index contributed by atoms with van der Waals surface area (Å²) in [6.45, 7) is 8.02. The Balaban J connectivity index is 1.31. The molecule has 0 bridgehead atoms. The maximum Gasteiger partial charge on any atom is 0.240 e. The summed E-state index contributed by atoms with van der Waals surface area (Å²) in [6, 6.07) is 30.0. The molecule has 1 aliphatic heterocycles. The molecule has 1 saturated heterocycles. The van der Waals surface area contributed by atoms with E-state index >= 15 is 0 Å². The number of rotatable bonds is 6. The summed E-state index contributed by atoms with van der Waals surface area (Å²) in [4.78, 5) is 9.74. The molecule has 4 aromatic rings. The van der Waals surface area contributed by atoms with Crippen molar-refractivity contribution >= 4 is 5.69 Å². The van der Waals surface area contributed by atoms with Crippen LogP contribution in [0, 0.1) is 6.92 Å². The maximum absolute atomic E-state index is 5.75. The third kappa shape index (κ3) is 4.83. The van der Waals surface area contributed by atoms with Crippen LogP contribution in [0.2, 0.25) is 0 Å². The predicted octanol–water partition coefficient (Wildman–Crippen LogP) is 5.27. The second-order valence-corrected chi connectivity index (χ2v) is 8.90. The smallest absolute Gasteiger partial charge is 0.240 e. The first kappa shape index (κ1) is 21.4. The van der Waals surface area contributed by atoms with Crippen molar-refractivity contribution in [2.45, 2.75) is 32.4 Å². The Hall–Kier alpha value is -3.44. The predicted molar refractivity (Wildman–Crippen MR) is 131 cm³/mol. The van der Waals surface area contributed by atoms with Crippen LogP contribution in [0.3, 0.4) is 0 Å². The van der Waals surface area contributed by atoms with E-state index in [-0.39, 0.29) is 5.92 Å². The van der Waals surface area contributed by atoms with E-state index in [2.05, 4.69) is 102 Å². The molecule has 3 aromatic carbocycles. The van der Waals surface area contributed by atoms with Gasteiger partial charge in [-0.3, -0.25) is 4.90 Å². The van der Waals surface area contributed by atoms with Crippen LogP contribution in [0.4, 0.5) is 5.69 Å². The van der Waals surface area contributed by atoms with E-state index in [1.807, 2.05) is 12.1 Å². The van der Waals surface area contributed by atoms with Crippen LogP contribution in [-0.2, 0) is 6.54 Å². The first-order valence-electron chi connectivity index (χ1n) is 11.7. The molecule has 0 amide bonds. The summed E-state index contributed by atoms with van der Waals surface area (Å²) in [7, 11) is 0. The van der Waals surface area contributed by atoms with Crippen molar-refractivity contribution in [3.8, 4) is 0 Å². The number of hydrogen-bond acceptors (Lipinski definition) is 5. The van der Waals surface area contributed by atoms with Crippen LogP contribution in [-0.4, -0.2) is 40.7 Å². The minimum absolute atomic E-state index is 0.0410. The Morgan fingerprint density at radius 3 is 2.12 bits per heavy atom. The zero-order chi connectivity index (χ0) is 22.6. The Labute approximate surface area is 195 Å². The molecule has 5 heteroatoms. The largest absolute Gasteiger partial charge is 0.369 e. The van der Waals surface area contributed by atoms with Crippen LogP contribution in [0.15, 0.2) is 89.5 Å². The van der Waals surface area contributed by atoms with Gasteiger partial charge in [0.25, 0.3) is 0 Å². The van der Waals surface area contributed by atoms with Crippen molar-refractivity contribution < 1.29 is 4.52 Å². The van der Waals surface area contributed by atoms with Gasteiger partial charge < -0.3 is 9.42 Å². The molecule has 1 aliphatic rings. The molecule has 5 rings (SSSR count). The Morgan fingerprint density at radius 1 is 0.879 bits per heavy atom. The first-order chi connectivity index (χ1) is 16.2. The Morgan fingerprint density at radius 2 is 1.52 bits per heavy atom. The fourth-order valence-electron chi connectivity index (χ4n) is 4.63. The quantitative estimate of drug-likeness (QED) is 0.410. The van der Waals surface area contributed by atoms with E-state index < -0.39 is 0 Å². The monoisotopic (exact) mass is 438 g/mol. The third-order valence-electron chi connectivity index (χ3n) is 6.51. The van der Waals surface area contributed by atoms with Gasteiger partial charge in [0.15, 0.2) is 5.82 Å². The van der Waals surface area contributed by atoms with Gasteiger partial charge in [-0.05, 0) is 37.1 Å². The zero-order valence-electron chi connectivity index (χ0n) is 19.3. The van der Waals surface area contributed by atoms with Crippen molar-refractivity contribution in [1.82, 2.24) is 15.0 Å². The highest BCUT2D eigenvalue weighted by Gasteiger charge is 2.27. The summed E-state index contributed by atoms with van der Waals surface area (Å²) in [6.07, 6.45) is 0. The lowest BCUT2D eigenvalue weighted by Crippen LogP contribution is -2.51. The normalized spacial score (nSPS) is 16.9. The number of anilines is 1. The van der Waals surface area contributed by atoms with Gasteiger partial charge in [-0.1, -0.05) is 83.5 Å². The lowest BCUT2D eigenvalue weighted by atomic mass is 9.91. The van der Waals surface area contributed by atoms with Crippen molar-refractivity contribution in [2.75, 3.05) is 24.5 Å². The van der Waals surface area contributed by atoms with Crippen LogP contribution in [0.25, 0.3) is 0 Å². The van der Waals surface area contributed by atoms with E-state index in [4.69, 9.17) is 9.51 Å². The molecular weight excluding hydrogens is 408 g/mol. The second kappa shape index (κ2) is 9.59. The van der Waals surface area contributed by atoms with Gasteiger partial charge in [0.2, 0.25) is 5.89 Å². The first-order valence-corrected chi connectivity index (χ1v) is 11.7. The maximum atomic E-state index is 5.75. The van der Waals surface area contributed by atoms with Gasteiger partial charge in [-0.25, -0.2) is 0 Å². The average molecular weight is 439 g/mol. The van der Waals surface area contributed by atoms with Gasteiger partial charge in [0.1, 0.15) is 0 Å². The van der Waals surface area contributed by atoms with Gasteiger partial charge in [0, 0.05) is 31.4 Å². The lowest BCUT2D eigenvalue weighted by molar-refractivity contribution is 0.159. The van der Waals surface area contributed by atoms with E-state index in [1.165, 1.54) is 11.3 Å². The number of benzene rings is 3. The van der Waals surface area contributed by atoms with Gasteiger partial charge in [-0.2, -0.15) is 4.98 Å². The molecule has 5 nitrogen and oxygen atoms in total. The summed E-state index contributed by atoms with van der Waals surface area (Å²) in [5.74, 6) is 1.35. The summed E-state index contributed by atoms with van der Waals surface area (Å²) < 4.78 is 5.75. The molecule has 0 unspecified atom stereocenters. The molecular formula is C28H30N4O. The van der Waals surface area contributed by atoms with Gasteiger partial charge in [0.05, 0.1) is 12.5 Å². The van der Waals surface area contributed by atoms with Gasteiger partial charge in [-0.15, -0.1) is 0 Å². The third-order valence-corrected chi connectivity index (χ3v) is 6.51. The second-order valence-electron chi connectivity index (χ2n) is 8.90. The van der Waals surface area contributed by atoms with Crippen LogP contribution in [0.5, 0.6) is 0 Å². The average Bonchev–Trinajstić information content (AvgIpc) is 3.30. The van der Waals surface area contributed by atoms with Crippen LogP contribution < -0.4 is 4.90 Å². The van der Waals surface area contributed by atoms with E-state index in [1.54, 1.807) is 0 Å². The summed E-state index contributed by atoms with van der Waals surface area (Å²) in [5.41, 5.74) is 4.91. The molecule has 0 spiro atoms. The molecule has 0 radical (unpaired) electrons. The lowest BCUT2D eigenvalue weighted by Gasteiger charge is -2.40. The minimum atomic E-state index is -0.0410. The highest BCUT2D eigenvalue weighted by molar-refractivity contribution is 5.48. The fourth-order valence-corrected chi connectivity index (χ4v) is 4.63. The van der Waals surface area contributed by atoms with Crippen molar-refractivity contribution in [3.63, 3.8) is 0 Å². The van der Waals surface area contributed by atoms with Crippen molar-refractivity contribution in [2.24, 2.45) is 0 Å². The SMILES string of the molecule is Cc1ccc(N2CCN(Cc3nc(C(c4ccccc4)c4ccccc4)no3)[C@@H](C)C2)cc1. The number of hydrogen-bond donors (Lipinski definition) is 0. The zero-order valence-corrected chi connectivity index (χ0v) is 19.3. The molecule has 0 N–H and O–H groups in total. The standard InChI is InChI=1S/C28H30N4O/c1-21-13-15-25(16-14-21)32-18-17-31(22(2)19-32)20-26-29-28(30-33-26)27(23-9-5-3-6-10-23)24-11-7-4-8-12-24/h3-16,22,27H,17-20H2,1-2H3/t22-/m0/s1. The van der Waals surface area contributed by atoms with Gasteiger partial charge >= 0.3 is 0 Å². The van der Waals surface area contributed by atoms with Crippen molar-refractivity contribution in [1.29, 1.82) is 0 Å². The molecule has 2 heterocycles. The highest BCUT2D eigenvalue weighted by Crippen LogP contribution is 2.30. The molecule has 1 aromatic heterocycles. The van der Waals surface area contributed by atoms with Crippen LogP contribution >= 0.6 is 0 Å². The van der Waals surface area contributed by atoms with E-state index in [0.717, 1.165) is 30.8 Å². The Bertz CT molecular complexity index is 1120. The van der Waals surface area contributed by atoms with E-state index in [9.17, 15) is 0 Å². The summed E-state index contributed by atoms with van der Waals surface area (Å²) >= 11 is 0.